The molecule has 4 unspecified atom stereocenters. The average Bonchev–Trinajstić information content (AvgIpc) is 2.02. The first-order valence-electron chi connectivity index (χ1n) is 4.84. The summed E-state index contributed by atoms with van der Waals surface area (Å²) in [4.78, 5) is 0. The Balaban J connectivity index is 1.95. The predicted molar refractivity (Wildman–Crippen MR) is 49.7 cm³/mol. The first-order chi connectivity index (χ1) is 5.12. The molecule has 6 aliphatic carbocycles. The third-order valence-electron chi connectivity index (χ3n) is 4.94. The summed E-state index contributed by atoms with van der Waals surface area (Å²) in [6, 6.07) is 0. The molecule has 0 spiro atoms. The fourth-order valence-corrected chi connectivity index (χ4v) is 4.60. The molecule has 0 aromatic rings. The van der Waals surface area contributed by atoms with Crippen LogP contribution < -0.4 is 0 Å². The summed E-state index contributed by atoms with van der Waals surface area (Å²) < 4.78 is 0.431. The lowest BCUT2D eigenvalue weighted by Crippen LogP contribution is -2.69. The molecule has 6 fully saturated rings. The molecule has 0 aromatic heterocycles. The highest BCUT2D eigenvalue weighted by molar-refractivity contribution is 7.81. The molecular formula is C10H16S. The molecule has 6 aliphatic rings. The van der Waals surface area contributed by atoms with Crippen LogP contribution in [0.3, 0.4) is 0 Å². The van der Waals surface area contributed by atoms with E-state index in [1.807, 2.05) is 0 Å². The Morgan fingerprint density at radius 3 is 2.00 bits per heavy atom. The Hall–Kier alpha value is 0.350. The molecule has 0 aliphatic heterocycles. The van der Waals surface area contributed by atoms with Gasteiger partial charge in [0.15, 0.2) is 0 Å². The summed E-state index contributed by atoms with van der Waals surface area (Å²) in [6.45, 7) is 4.81. The van der Waals surface area contributed by atoms with Crippen molar-refractivity contribution in [1.82, 2.24) is 0 Å². The summed E-state index contributed by atoms with van der Waals surface area (Å²) >= 11 is 4.79. The standard InChI is InChI=1S/C10H16S/c1-5-6-3-7(5)9-4-8(6)10(9,2)11/h5-9,11H,3-4H2,1-2H3/t5?,6-,7?,8?,9?,10+/m0/s1. The van der Waals surface area contributed by atoms with E-state index >= 15 is 0 Å². The van der Waals surface area contributed by atoms with Gasteiger partial charge in [0.05, 0.1) is 0 Å². The zero-order valence-electron chi connectivity index (χ0n) is 7.25. The van der Waals surface area contributed by atoms with Crippen LogP contribution in [-0.4, -0.2) is 4.75 Å². The van der Waals surface area contributed by atoms with Crippen LogP contribution in [0, 0.1) is 29.6 Å². The van der Waals surface area contributed by atoms with Gasteiger partial charge in [-0.05, 0) is 42.4 Å². The van der Waals surface area contributed by atoms with Gasteiger partial charge < -0.3 is 0 Å². The first-order valence-corrected chi connectivity index (χ1v) is 5.29. The molecule has 11 heavy (non-hydrogen) atoms. The SMILES string of the molecule is CC1C2C[C@@H]1C1CC2[C@]1(C)S. The van der Waals surface area contributed by atoms with E-state index < -0.39 is 0 Å². The van der Waals surface area contributed by atoms with Crippen molar-refractivity contribution in [3.8, 4) is 0 Å². The third kappa shape index (κ3) is 0.546. The van der Waals surface area contributed by atoms with Gasteiger partial charge in [-0.1, -0.05) is 13.8 Å². The third-order valence-corrected chi connectivity index (χ3v) is 5.60. The summed E-state index contributed by atoms with van der Waals surface area (Å²) in [7, 11) is 0. The molecular weight excluding hydrogens is 152 g/mol. The molecule has 0 radical (unpaired) electrons. The van der Waals surface area contributed by atoms with E-state index in [1.54, 1.807) is 0 Å². The molecule has 0 heterocycles. The summed E-state index contributed by atoms with van der Waals surface area (Å²) in [5.74, 6) is 5.07. The van der Waals surface area contributed by atoms with Crippen LogP contribution in [0.4, 0.5) is 0 Å². The molecule has 0 aromatic carbocycles. The summed E-state index contributed by atoms with van der Waals surface area (Å²) in [6.07, 6.45) is 3.03. The van der Waals surface area contributed by atoms with Gasteiger partial charge in [-0.3, -0.25) is 0 Å². The average molecular weight is 168 g/mol. The maximum absolute atomic E-state index is 4.79. The molecule has 6 atom stereocenters. The molecule has 6 saturated carbocycles. The normalized spacial score (nSPS) is 71.7. The summed E-state index contributed by atoms with van der Waals surface area (Å²) in [5, 5.41) is 0. The number of hydrogen-bond donors (Lipinski definition) is 1. The second-order valence-corrected chi connectivity index (χ2v) is 6.06. The molecule has 0 amide bonds. The van der Waals surface area contributed by atoms with Crippen LogP contribution in [0.5, 0.6) is 0 Å². The van der Waals surface area contributed by atoms with Crippen molar-refractivity contribution < 1.29 is 0 Å². The lowest BCUT2D eigenvalue weighted by Gasteiger charge is -2.72. The van der Waals surface area contributed by atoms with Gasteiger partial charge in [0.25, 0.3) is 0 Å². The first kappa shape index (κ1) is 6.82. The molecule has 1 heteroatoms. The van der Waals surface area contributed by atoms with Gasteiger partial charge in [0.2, 0.25) is 0 Å². The highest BCUT2D eigenvalue weighted by Crippen LogP contribution is 2.71. The van der Waals surface area contributed by atoms with Gasteiger partial charge in [0, 0.05) is 4.75 Å². The van der Waals surface area contributed by atoms with Crippen molar-refractivity contribution >= 4 is 12.6 Å². The summed E-state index contributed by atoms with van der Waals surface area (Å²) in [5.41, 5.74) is 0. The Bertz CT molecular complexity index is 191. The number of thiol groups is 1. The Labute approximate surface area is 74.2 Å². The second kappa shape index (κ2) is 1.66. The zero-order valence-corrected chi connectivity index (χ0v) is 8.14. The quantitative estimate of drug-likeness (QED) is 0.528. The molecule has 6 rings (SSSR count). The van der Waals surface area contributed by atoms with Crippen molar-refractivity contribution in [1.29, 1.82) is 0 Å². The Morgan fingerprint density at radius 1 is 1.18 bits per heavy atom. The Kier molecular flexibility index (Phi) is 1.03. The van der Waals surface area contributed by atoms with Crippen LogP contribution in [0.2, 0.25) is 0 Å². The molecule has 62 valence electrons. The zero-order chi connectivity index (χ0) is 7.80. The van der Waals surface area contributed by atoms with Crippen molar-refractivity contribution in [3.05, 3.63) is 0 Å². The van der Waals surface area contributed by atoms with Crippen LogP contribution in [-0.2, 0) is 0 Å². The second-order valence-electron chi connectivity index (χ2n) is 5.10. The number of hydrogen-bond acceptors (Lipinski definition) is 1. The highest BCUT2D eigenvalue weighted by Gasteiger charge is 2.67. The lowest BCUT2D eigenvalue weighted by atomic mass is 9.37. The van der Waals surface area contributed by atoms with Crippen molar-refractivity contribution in [2.75, 3.05) is 0 Å². The van der Waals surface area contributed by atoms with E-state index in [2.05, 4.69) is 13.8 Å². The van der Waals surface area contributed by atoms with Crippen LogP contribution in [0.25, 0.3) is 0 Å². The van der Waals surface area contributed by atoms with Gasteiger partial charge >= 0.3 is 0 Å². The Morgan fingerprint density at radius 2 is 1.73 bits per heavy atom. The van der Waals surface area contributed by atoms with E-state index in [9.17, 15) is 0 Å². The molecule has 0 N–H and O–H groups in total. The molecule has 0 nitrogen and oxygen atoms in total. The van der Waals surface area contributed by atoms with Crippen LogP contribution in [0.1, 0.15) is 26.7 Å². The van der Waals surface area contributed by atoms with Gasteiger partial charge in [-0.2, -0.15) is 12.6 Å². The minimum atomic E-state index is 0.431. The van der Waals surface area contributed by atoms with Crippen molar-refractivity contribution in [2.24, 2.45) is 29.6 Å². The fraction of sp³-hybridized carbons (Fsp3) is 1.00. The maximum Gasteiger partial charge on any atom is 0.0163 e. The minimum absolute atomic E-state index is 0.431. The van der Waals surface area contributed by atoms with E-state index in [-0.39, 0.29) is 0 Å². The van der Waals surface area contributed by atoms with E-state index in [0.29, 0.717) is 4.75 Å². The maximum atomic E-state index is 4.79. The molecule has 0 saturated heterocycles. The van der Waals surface area contributed by atoms with Crippen molar-refractivity contribution in [2.45, 2.75) is 31.4 Å². The largest absolute Gasteiger partial charge is 0.172 e. The van der Waals surface area contributed by atoms with Gasteiger partial charge in [-0.15, -0.1) is 0 Å². The molecule has 4 bridgehead atoms. The van der Waals surface area contributed by atoms with Gasteiger partial charge in [-0.25, -0.2) is 0 Å². The smallest absolute Gasteiger partial charge is 0.0163 e. The van der Waals surface area contributed by atoms with Crippen LogP contribution >= 0.6 is 12.6 Å². The van der Waals surface area contributed by atoms with E-state index in [1.165, 1.54) is 12.8 Å². The monoisotopic (exact) mass is 168 g/mol. The number of rotatable bonds is 0. The predicted octanol–water partition coefficient (Wildman–Crippen LogP) is 2.60. The van der Waals surface area contributed by atoms with E-state index in [0.717, 1.165) is 29.6 Å². The van der Waals surface area contributed by atoms with E-state index in [4.69, 9.17) is 12.6 Å². The highest BCUT2D eigenvalue weighted by atomic mass is 32.1. The fourth-order valence-electron chi connectivity index (χ4n) is 4.01. The lowest BCUT2D eigenvalue weighted by molar-refractivity contribution is -0.175. The van der Waals surface area contributed by atoms with Gasteiger partial charge in [0.1, 0.15) is 0 Å². The minimum Gasteiger partial charge on any atom is -0.172 e. The topological polar surface area (TPSA) is 0 Å². The van der Waals surface area contributed by atoms with Crippen molar-refractivity contribution in [3.63, 3.8) is 0 Å². The van der Waals surface area contributed by atoms with Crippen LogP contribution in [0.15, 0.2) is 0 Å².